The minimum atomic E-state index is -3.85. The summed E-state index contributed by atoms with van der Waals surface area (Å²) >= 11 is 6.19. The average molecular weight is 468 g/mol. The van der Waals surface area contributed by atoms with Gasteiger partial charge in [-0.25, -0.2) is 12.8 Å². The molecule has 0 heterocycles. The van der Waals surface area contributed by atoms with Crippen molar-refractivity contribution < 1.29 is 27.8 Å². The van der Waals surface area contributed by atoms with Gasteiger partial charge in [0.2, 0.25) is 0 Å². The third kappa shape index (κ3) is 3.75. The molecule has 3 aliphatic rings. The minimum Gasteiger partial charge on any atom is -0.393 e. The van der Waals surface area contributed by atoms with E-state index < -0.39 is 32.4 Å². The van der Waals surface area contributed by atoms with Crippen molar-refractivity contribution in [1.82, 2.24) is 0 Å². The maximum Gasteiger partial charge on any atom is 0.255 e. The van der Waals surface area contributed by atoms with E-state index in [1.165, 1.54) is 36.4 Å². The number of halogens is 2. The molecular weight excluding hydrogens is 445 g/mol. The molecular formula is C22H23ClFNO5S. The van der Waals surface area contributed by atoms with Crippen LogP contribution >= 0.6 is 11.6 Å². The fourth-order valence-electron chi connectivity index (χ4n) is 4.74. The first-order chi connectivity index (χ1) is 14.6. The van der Waals surface area contributed by atoms with Crippen LogP contribution in [-0.4, -0.2) is 42.0 Å². The van der Waals surface area contributed by atoms with Crippen molar-refractivity contribution in [3.05, 3.63) is 58.4 Å². The van der Waals surface area contributed by atoms with Crippen LogP contribution in [0.25, 0.3) is 0 Å². The molecule has 1 amide bonds. The van der Waals surface area contributed by atoms with E-state index in [4.69, 9.17) is 11.6 Å². The molecule has 0 aromatic heterocycles. The number of hydrogen-bond acceptors (Lipinski definition) is 5. The Hall–Kier alpha value is -2.00. The number of aliphatic hydroxyl groups excluding tert-OH is 1. The van der Waals surface area contributed by atoms with Crippen LogP contribution in [0.15, 0.2) is 41.3 Å². The number of sulfone groups is 1. The summed E-state index contributed by atoms with van der Waals surface area (Å²) < 4.78 is 40.0. The van der Waals surface area contributed by atoms with E-state index in [2.05, 4.69) is 5.32 Å². The molecule has 0 spiro atoms. The predicted molar refractivity (Wildman–Crippen MR) is 114 cm³/mol. The van der Waals surface area contributed by atoms with Gasteiger partial charge in [-0.1, -0.05) is 11.6 Å². The first-order valence-corrected chi connectivity index (χ1v) is 11.9. The van der Waals surface area contributed by atoms with Crippen LogP contribution in [0.3, 0.4) is 0 Å². The number of aryl methyl sites for hydroxylation is 1. The molecule has 2 unspecified atom stereocenters. The zero-order chi connectivity index (χ0) is 22.6. The van der Waals surface area contributed by atoms with Gasteiger partial charge in [-0.15, -0.1) is 0 Å². The van der Waals surface area contributed by atoms with Gasteiger partial charge in [0.1, 0.15) is 5.82 Å². The van der Waals surface area contributed by atoms with Crippen molar-refractivity contribution in [2.24, 2.45) is 11.8 Å². The van der Waals surface area contributed by atoms with Crippen molar-refractivity contribution in [2.45, 2.75) is 41.9 Å². The highest BCUT2D eigenvalue weighted by Crippen LogP contribution is 2.55. The number of anilines is 1. The zero-order valence-corrected chi connectivity index (χ0v) is 18.4. The Labute approximate surface area is 185 Å². The number of carbonyl (C=O) groups excluding carboxylic acids is 1. The van der Waals surface area contributed by atoms with Crippen LogP contribution in [0.1, 0.15) is 35.2 Å². The number of hydrogen-bond donors (Lipinski definition) is 3. The van der Waals surface area contributed by atoms with Gasteiger partial charge in [-0.3, -0.25) is 4.79 Å². The SMILES string of the molecule is Cc1cc(NC(=O)c2ccc(Cl)c(S(=O)(=O)C3CC4CC(C3)C4(O)CO)c2)ccc1F. The molecule has 2 aromatic carbocycles. The molecule has 9 heteroatoms. The summed E-state index contributed by atoms with van der Waals surface area (Å²) in [6, 6.07) is 8.19. The Morgan fingerprint density at radius 3 is 2.48 bits per heavy atom. The Balaban J connectivity index is 1.57. The lowest BCUT2D eigenvalue weighted by Crippen LogP contribution is -2.63. The molecule has 2 bridgehead atoms. The average Bonchev–Trinajstić information content (AvgIpc) is 2.75. The van der Waals surface area contributed by atoms with Gasteiger partial charge >= 0.3 is 0 Å². The number of carbonyl (C=O) groups is 1. The highest BCUT2D eigenvalue weighted by Gasteiger charge is 2.59. The topological polar surface area (TPSA) is 104 Å². The molecule has 3 N–H and O–H groups in total. The highest BCUT2D eigenvalue weighted by molar-refractivity contribution is 7.92. The second-order valence-electron chi connectivity index (χ2n) is 8.48. The fraction of sp³-hybridized carbons (Fsp3) is 0.409. The van der Waals surface area contributed by atoms with Gasteiger partial charge in [0.15, 0.2) is 9.84 Å². The van der Waals surface area contributed by atoms with E-state index in [-0.39, 0.29) is 46.8 Å². The van der Waals surface area contributed by atoms with Gasteiger partial charge in [0.25, 0.3) is 5.91 Å². The Bertz CT molecular complexity index is 1140. The third-order valence-corrected chi connectivity index (χ3v) is 9.34. The van der Waals surface area contributed by atoms with E-state index >= 15 is 0 Å². The van der Waals surface area contributed by atoms with E-state index in [0.29, 0.717) is 17.7 Å². The Morgan fingerprint density at radius 2 is 1.87 bits per heavy atom. The maximum absolute atomic E-state index is 13.4. The molecule has 3 aliphatic carbocycles. The first-order valence-electron chi connectivity index (χ1n) is 10.0. The van der Waals surface area contributed by atoms with E-state index in [1.54, 1.807) is 6.92 Å². The van der Waals surface area contributed by atoms with Crippen molar-refractivity contribution in [1.29, 1.82) is 0 Å². The summed E-state index contributed by atoms with van der Waals surface area (Å²) in [6.45, 7) is 1.19. The Morgan fingerprint density at radius 1 is 1.19 bits per heavy atom. The van der Waals surface area contributed by atoms with Crippen LogP contribution in [0.2, 0.25) is 5.02 Å². The van der Waals surface area contributed by atoms with Crippen LogP contribution in [0, 0.1) is 24.6 Å². The largest absolute Gasteiger partial charge is 0.393 e. The van der Waals surface area contributed by atoms with E-state index in [9.17, 15) is 27.8 Å². The van der Waals surface area contributed by atoms with Gasteiger partial charge in [-0.05, 0) is 80.0 Å². The quantitative estimate of drug-likeness (QED) is 0.625. The number of nitrogens with one attached hydrogen (secondary N) is 1. The number of fused-ring (bicyclic) bond motifs is 2. The second kappa shape index (κ2) is 7.85. The van der Waals surface area contributed by atoms with Crippen molar-refractivity contribution in [2.75, 3.05) is 11.9 Å². The minimum absolute atomic E-state index is 0.0193. The number of amides is 1. The van der Waals surface area contributed by atoms with Crippen LogP contribution in [0.4, 0.5) is 10.1 Å². The molecule has 31 heavy (non-hydrogen) atoms. The van der Waals surface area contributed by atoms with Gasteiger partial charge in [0.05, 0.1) is 27.4 Å². The standard InChI is InChI=1S/C22H23ClFNO5S/c1-12-6-16(3-5-19(12)24)25-21(27)13-2-4-18(23)20(7-13)31(29,30)17-9-14-8-15(10-17)22(14,28)11-26/h2-7,14-15,17,26,28H,8-11H2,1H3,(H,25,27). The monoisotopic (exact) mass is 467 g/mol. The molecule has 2 atom stereocenters. The molecule has 166 valence electrons. The van der Waals surface area contributed by atoms with Crippen LogP contribution in [0.5, 0.6) is 0 Å². The summed E-state index contributed by atoms with van der Waals surface area (Å²) in [5.74, 6) is -1.48. The Kier molecular flexibility index (Phi) is 5.62. The normalized spacial score (nSPS) is 27.5. The molecule has 3 fully saturated rings. The number of rotatable bonds is 5. The molecule has 2 aromatic rings. The van der Waals surface area contributed by atoms with Gasteiger partial charge in [0, 0.05) is 11.3 Å². The smallest absolute Gasteiger partial charge is 0.255 e. The van der Waals surface area contributed by atoms with Crippen molar-refractivity contribution in [3.63, 3.8) is 0 Å². The van der Waals surface area contributed by atoms with Gasteiger partial charge in [-0.2, -0.15) is 0 Å². The zero-order valence-electron chi connectivity index (χ0n) is 16.8. The lowest BCUT2D eigenvalue weighted by atomic mass is 9.54. The third-order valence-electron chi connectivity index (χ3n) is 6.69. The van der Waals surface area contributed by atoms with Crippen LogP contribution in [-0.2, 0) is 9.84 Å². The molecule has 6 nitrogen and oxygen atoms in total. The molecule has 5 rings (SSSR count). The summed E-state index contributed by atoms with van der Waals surface area (Å²) in [5, 5.41) is 21.8. The summed E-state index contributed by atoms with van der Waals surface area (Å²) in [4.78, 5) is 12.5. The summed E-state index contributed by atoms with van der Waals surface area (Å²) in [7, 11) is -3.85. The lowest BCUT2D eigenvalue weighted by molar-refractivity contribution is -0.197. The summed E-state index contributed by atoms with van der Waals surface area (Å²) in [5.41, 5.74) is -0.335. The molecule has 0 aliphatic heterocycles. The highest BCUT2D eigenvalue weighted by atomic mass is 35.5. The predicted octanol–water partition coefficient (Wildman–Crippen LogP) is 3.34. The molecule has 0 radical (unpaired) electrons. The van der Waals surface area contributed by atoms with Crippen LogP contribution < -0.4 is 5.32 Å². The van der Waals surface area contributed by atoms with E-state index in [0.717, 1.165) is 0 Å². The number of benzene rings is 2. The maximum atomic E-state index is 13.4. The van der Waals surface area contributed by atoms with Crippen molar-refractivity contribution >= 4 is 33.0 Å². The van der Waals surface area contributed by atoms with Gasteiger partial charge < -0.3 is 15.5 Å². The lowest BCUT2D eigenvalue weighted by Gasteiger charge is -2.57. The fourth-order valence-corrected chi connectivity index (χ4v) is 7.14. The first kappa shape index (κ1) is 22.2. The molecule has 0 saturated heterocycles. The summed E-state index contributed by atoms with van der Waals surface area (Å²) in [6.07, 6.45) is 1.16. The number of aliphatic hydroxyl groups is 2. The van der Waals surface area contributed by atoms with E-state index in [1.807, 2.05) is 0 Å². The molecule has 3 saturated carbocycles. The second-order valence-corrected chi connectivity index (χ2v) is 11.1. The van der Waals surface area contributed by atoms with Crippen molar-refractivity contribution in [3.8, 4) is 0 Å².